The van der Waals surface area contributed by atoms with Crippen molar-refractivity contribution in [2.75, 3.05) is 13.2 Å². The molecule has 1 aliphatic carbocycles. The summed E-state index contributed by atoms with van der Waals surface area (Å²) in [7, 11) is 0. The van der Waals surface area contributed by atoms with Gasteiger partial charge in [-0.25, -0.2) is 0 Å². The van der Waals surface area contributed by atoms with Crippen LogP contribution >= 0.6 is 27.3 Å². The van der Waals surface area contributed by atoms with E-state index < -0.39 is 0 Å². The van der Waals surface area contributed by atoms with E-state index in [0.717, 1.165) is 13.2 Å². The van der Waals surface area contributed by atoms with Crippen LogP contribution in [0.25, 0.3) is 0 Å². The van der Waals surface area contributed by atoms with Crippen LogP contribution in [0, 0.1) is 0 Å². The molecule has 76 valence electrons. The standard InChI is InChI=1S/C10H12BrNOS/c11-10-3-7-8(1-2-9(7)14-10)12-6-4-13-5-6/h3,6,8,12H,1-2,4-5H2. The summed E-state index contributed by atoms with van der Waals surface area (Å²) in [6.45, 7) is 1.77. The number of nitrogens with one attached hydrogen (secondary N) is 1. The number of hydrogen-bond donors (Lipinski definition) is 1. The van der Waals surface area contributed by atoms with Gasteiger partial charge in [-0.15, -0.1) is 11.3 Å². The Labute approximate surface area is 95.8 Å². The normalized spacial score (nSPS) is 26.2. The average Bonchev–Trinajstić information content (AvgIpc) is 2.57. The van der Waals surface area contributed by atoms with Crippen molar-refractivity contribution in [2.45, 2.75) is 24.9 Å². The van der Waals surface area contributed by atoms with E-state index in [0.29, 0.717) is 12.1 Å². The number of halogens is 1. The van der Waals surface area contributed by atoms with Crippen LogP contribution in [-0.4, -0.2) is 19.3 Å². The molecule has 1 fully saturated rings. The summed E-state index contributed by atoms with van der Waals surface area (Å²) < 4.78 is 6.43. The fraction of sp³-hybridized carbons (Fsp3) is 0.600. The van der Waals surface area contributed by atoms with Crippen molar-refractivity contribution in [1.82, 2.24) is 5.32 Å². The molecule has 0 saturated carbocycles. The molecular weight excluding hydrogens is 262 g/mol. The Hall–Kier alpha value is 0.1000. The van der Waals surface area contributed by atoms with E-state index in [1.165, 1.54) is 22.2 Å². The second kappa shape index (κ2) is 3.59. The van der Waals surface area contributed by atoms with Gasteiger partial charge in [0.1, 0.15) is 0 Å². The molecule has 1 aliphatic heterocycles. The monoisotopic (exact) mass is 273 g/mol. The van der Waals surface area contributed by atoms with E-state index in [2.05, 4.69) is 27.3 Å². The van der Waals surface area contributed by atoms with Gasteiger partial charge in [-0.3, -0.25) is 0 Å². The first-order valence-electron chi connectivity index (χ1n) is 4.95. The lowest BCUT2D eigenvalue weighted by atomic mass is 10.1. The zero-order valence-electron chi connectivity index (χ0n) is 7.75. The topological polar surface area (TPSA) is 21.3 Å². The maximum Gasteiger partial charge on any atom is 0.0704 e. The predicted octanol–water partition coefficient (Wildman–Crippen LogP) is 2.49. The van der Waals surface area contributed by atoms with Gasteiger partial charge in [0.25, 0.3) is 0 Å². The molecule has 2 heterocycles. The van der Waals surface area contributed by atoms with Crippen molar-refractivity contribution < 1.29 is 4.74 Å². The van der Waals surface area contributed by atoms with Crippen LogP contribution in [0.4, 0.5) is 0 Å². The van der Waals surface area contributed by atoms with E-state index in [1.54, 1.807) is 4.88 Å². The molecule has 2 nitrogen and oxygen atoms in total. The van der Waals surface area contributed by atoms with E-state index in [9.17, 15) is 0 Å². The fourth-order valence-corrected chi connectivity index (χ4v) is 3.91. The highest BCUT2D eigenvalue weighted by Gasteiger charge is 2.29. The molecule has 0 bridgehead atoms. The number of rotatable bonds is 2. The maximum absolute atomic E-state index is 5.17. The third-order valence-corrected chi connectivity index (χ3v) is 4.64. The molecule has 1 unspecified atom stereocenters. The number of aryl methyl sites for hydroxylation is 1. The molecule has 1 aromatic rings. The third kappa shape index (κ3) is 1.54. The molecule has 1 aromatic heterocycles. The van der Waals surface area contributed by atoms with Gasteiger partial charge in [0.15, 0.2) is 0 Å². The second-order valence-electron chi connectivity index (χ2n) is 3.92. The lowest BCUT2D eigenvalue weighted by Crippen LogP contribution is -2.46. The lowest BCUT2D eigenvalue weighted by Gasteiger charge is -2.30. The van der Waals surface area contributed by atoms with Crippen molar-refractivity contribution in [3.05, 3.63) is 20.3 Å². The quantitative estimate of drug-likeness (QED) is 0.894. The van der Waals surface area contributed by atoms with E-state index in [-0.39, 0.29) is 0 Å². The van der Waals surface area contributed by atoms with E-state index in [4.69, 9.17) is 4.74 Å². The van der Waals surface area contributed by atoms with Crippen molar-refractivity contribution in [3.63, 3.8) is 0 Å². The van der Waals surface area contributed by atoms with Crippen LogP contribution < -0.4 is 5.32 Å². The van der Waals surface area contributed by atoms with Crippen LogP contribution in [-0.2, 0) is 11.2 Å². The molecular formula is C10H12BrNOS. The van der Waals surface area contributed by atoms with E-state index in [1.807, 2.05) is 11.3 Å². The summed E-state index contributed by atoms with van der Waals surface area (Å²) in [5.74, 6) is 0. The summed E-state index contributed by atoms with van der Waals surface area (Å²) in [5.41, 5.74) is 1.51. The smallest absolute Gasteiger partial charge is 0.0704 e. The molecule has 0 aromatic carbocycles. The fourth-order valence-electron chi connectivity index (χ4n) is 2.12. The summed E-state index contributed by atoms with van der Waals surface area (Å²) >= 11 is 5.43. The summed E-state index contributed by atoms with van der Waals surface area (Å²) in [6.07, 6.45) is 2.49. The Morgan fingerprint density at radius 1 is 1.50 bits per heavy atom. The van der Waals surface area contributed by atoms with E-state index >= 15 is 0 Å². The van der Waals surface area contributed by atoms with Gasteiger partial charge in [-0.2, -0.15) is 0 Å². The minimum Gasteiger partial charge on any atom is -0.378 e. The second-order valence-corrected chi connectivity index (χ2v) is 6.44. The molecule has 1 N–H and O–H groups in total. The lowest BCUT2D eigenvalue weighted by molar-refractivity contribution is -0.0100. The number of hydrogen-bond acceptors (Lipinski definition) is 3. The summed E-state index contributed by atoms with van der Waals surface area (Å²) in [6, 6.07) is 3.43. The molecule has 3 rings (SSSR count). The molecule has 0 amide bonds. The largest absolute Gasteiger partial charge is 0.378 e. The summed E-state index contributed by atoms with van der Waals surface area (Å²) in [4.78, 5) is 1.55. The van der Waals surface area contributed by atoms with Crippen molar-refractivity contribution in [1.29, 1.82) is 0 Å². The highest BCUT2D eigenvalue weighted by molar-refractivity contribution is 9.11. The van der Waals surface area contributed by atoms with Crippen molar-refractivity contribution >= 4 is 27.3 Å². The first-order valence-corrected chi connectivity index (χ1v) is 6.56. The minimum absolute atomic E-state index is 0.571. The summed E-state index contributed by atoms with van der Waals surface area (Å²) in [5, 5.41) is 3.65. The Morgan fingerprint density at radius 3 is 3.07 bits per heavy atom. The molecule has 14 heavy (non-hydrogen) atoms. The van der Waals surface area contributed by atoms with Gasteiger partial charge >= 0.3 is 0 Å². The molecule has 0 radical (unpaired) electrons. The van der Waals surface area contributed by atoms with Crippen LogP contribution in [0.2, 0.25) is 0 Å². The Kier molecular flexibility index (Phi) is 2.40. The van der Waals surface area contributed by atoms with Gasteiger partial charge in [-0.1, -0.05) is 0 Å². The minimum atomic E-state index is 0.571. The Morgan fingerprint density at radius 2 is 2.36 bits per heavy atom. The first-order chi connectivity index (χ1) is 6.83. The average molecular weight is 274 g/mol. The van der Waals surface area contributed by atoms with Gasteiger partial charge in [-0.05, 0) is 40.4 Å². The molecule has 2 aliphatic rings. The number of thiophene rings is 1. The number of fused-ring (bicyclic) bond motifs is 1. The zero-order valence-corrected chi connectivity index (χ0v) is 10.2. The Bertz CT molecular complexity index is 348. The van der Waals surface area contributed by atoms with Crippen molar-refractivity contribution in [3.8, 4) is 0 Å². The molecule has 1 saturated heterocycles. The van der Waals surface area contributed by atoms with Crippen LogP contribution in [0.5, 0.6) is 0 Å². The van der Waals surface area contributed by atoms with Gasteiger partial charge < -0.3 is 10.1 Å². The van der Waals surface area contributed by atoms with Crippen LogP contribution in [0.15, 0.2) is 9.85 Å². The molecule has 1 atom stereocenters. The van der Waals surface area contributed by atoms with Gasteiger partial charge in [0, 0.05) is 10.9 Å². The van der Waals surface area contributed by atoms with Crippen molar-refractivity contribution in [2.24, 2.45) is 0 Å². The zero-order chi connectivity index (χ0) is 9.54. The number of ether oxygens (including phenoxy) is 1. The van der Waals surface area contributed by atoms with Gasteiger partial charge in [0.2, 0.25) is 0 Å². The molecule has 4 heteroatoms. The third-order valence-electron chi connectivity index (χ3n) is 2.92. The first kappa shape index (κ1) is 9.33. The SMILES string of the molecule is Brc1cc2c(s1)CCC2NC1COC1. The Balaban J connectivity index is 1.75. The predicted molar refractivity (Wildman–Crippen MR) is 60.8 cm³/mol. The highest BCUT2D eigenvalue weighted by Crippen LogP contribution is 2.39. The molecule has 0 spiro atoms. The van der Waals surface area contributed by atoms with Gasteiger partial charge in [0.05, 0.1) is 23.0 Å². The van der Waals surface area contributed by atoms with Crippen LogP contribution in [0.3, 0.4) is 0 Å². The maximum atomic E-state index is 5.17. The highest BCUT2D eigenvalue weighted by atomic mass is 79.9. The van der Waals surface area contributed by atoms with Crippen LogP contribution in [0.1, 0.15) is 22.9 Å².